The molecule has 3 unspecified atom stereocenters. The van der Waals surface area contributed by atoms with Crippen LogP contribution in [0.1, 0.15) is 131 Å². The molecule has 9 saturated carbocycles. The smallest absolute Gasteiger partial charge is 0.000640 e. The van der Waals surface area contributed by atoms with Gasteiger partial charge in [0.05, 0.1) is 0 Å². The molecule has 0 aliphatic heterocycles. The molecule has 0 saturated heterocycles. The minimum atomic E-state index is 0.0139. The van der Waals surface area contributed by atoms with E-state index < -0.39 is 0 Å². The lowest BCUT2D eigenvalue weighted by molar-refractivity contribution is -0.184. The molecule has 2 heteroatoms. The summed E-state index contributed by atoms with van der Waals surface area (Å²) in [5.74, 6) is 8.54. The topological polar surface area (TPSA) is 0 Å². The molecule has 0 aromatic heterocycles. The van der Waals surface area contributed by atoms with Crippen LogP contribution in [0, 0.1) is 58.2 Å². The van der Waals surface area contributed by atoms with Gasteiger partial charge in [-0.2, -0.15) is 0 Å². The molecule has 0 aromatic rings. The first-order valence-corrected chi connectivity index (χ1v) is 18.5. The lowest BCUT2D eigenvalue weighted by Gasteiger charge is -2.75. The fourth-order valence-corrected chi connectivity index (χ4v) is 18.9. The third-order valence-corrected chi connectivity index (χ3v) is 19.6. The first-order chi connectivity index (χ1) is 16.8. The standard InChI is InChI=1S/C34H58P2/c1-30(2,3)36(31(4,5)6)21-28-7-8-29(28)34(35,32-15-22-9-23(16-32)11-24(10-22)17-32)33-18-25-12-26(19-33)14-27(13-25)20-33/h22-29H,7-21,35H2,1-6H3. The molecule has 0 aromatic carbocycles. The molecule has 9 aliphatic rings. The Morgan fingerprint density at radius 2 is 0.917 bits per heavy atom. The molecular formula is C34H58P2. The van der Waals surface area contributed by atoms with Gasteiger partial charge in [-0.3, -0.25) is 0 Å². The molecule has 0 N–H and O–H groups in total. The van der Waals surface area contributed by atoms with Crippen LogP contribution >= 0.6 is 17.2 Å². The number of hydrogen-bond donors (Lipinski definition) is 0. The van der Waals surface area contributed by atoms with Crippen molar-refractivity contribution in [2.75, 3.05) is 6.16 Å². The van der Waals surface area contributed by atoms with E-state index in [-0.39, 0.29) is 7.92 Å². The molecule has 9 fully saturated rings. The Labute approximate surface area is 228 Å². The van der Waals surface area contributed by atoms with Crippen LogP contribution in [0.3, 0.4) is 0 Å². The average molecular weight is 529 g/mol. The lowest BCUT2D eigenvalue weighted by atomic mass is 9.34. The normalized spacial score (nSPS) is 51.0. The Balaban J connectivity index is 1.29. The van der Waals surface area contributed by atoms with Crippen LogP contribution < -0.4 is 0 Å². The van der Waals surface area contributed by atoms with Gasteiger partial charge in [-0.25, -0.2) is 0 Å². The Morgan fingerprint density at radius 3 is 1.17 bits per heavy atom. The van der Waals surface area contributed by atoms with Crippen LogP contribution in [0.5, 0.6) is 0 Å². The van der Waals surface area contributed by atoms with Crippen molar-refractivity contribution < 1.29 is 0 Å². The summed E-state index contributed by atoms with van der Waals surface area (Å²) in [5.41, 5.74) is 1.35. The van der Waals surface area contributed by atoms with Crippen LogP contribution in [0.2, 0.25) is 0 Å². The zero-order valence-electron chi connectivity index (χ0n) is 24.7. The van der Waals surface area contributed by atoms with Gasteiger partial charge in [0, 0.05) is 0 Å². The van der Waals surface area contributed by atoms with E-state index in [1.165, 1.54) is 0 Å². The number of hydrogen-bond acceptors (Lipinski definition) is 0. The maximum Gasteiger partial charge on any atom is -0.000640 e. The van der Waals surface area contributed by atoms with E-state index in [4.69, 9.17) is 0 Å². The summed E-state index contributed by atoms with van der Waals surface area (Å²) in [6, 6.07) is 0. The first-order valence-electron chi connectivity index (χ1n) is 16.4. The van der Waals surface area contributed by atoms with E-state index in [1.807, 2.05) is 0 Å². The van der Waals surface area contributed by atoms with E-state index in [1.54, 1.807) is 96.1 Å². The van der Waals surface area contributed by atoms with Gasteiger partial charge in [-0.05, 0) is 170 Å². The van der Waals surface area contributed by atoms with Gasteiger partial charge in [0.15, 0.2) is 0 Å². The second-order valence-corrected chi connectivity index (χ2v) is 23.0. The highest BCUT2D eigenvalue weighted by molar-refractivity contribution is 7.60. The van der Waals surface area contributed by atoms with Gasteiger partial charge in [0.25, 0.3) is 0 Å². The van der Waals surface area contributed by atoms with Crippen molar-refractivity contribution in [1.82, 2.24) is 0 Å². The molecular weight excluding hydrogens is 470 g/mol. The lowest BCUT2D eigenvalue weighted by Crippen LogP contribution is -2.70. The van der Waals surface area contributed by atoms with E-state index >= 15 is 0 Å². The highest BCUT2D eigenvalue weighted by Crippen LogP contribution is 2.79. The third kappa shape index (κ3) is 3.71. The van der Waals surface area contributed by atoms with E-state index in [0.717, 1.165) is 47.3 Å². The van der Waals surface area contributed by atoms with Gasteiger partial charge in [-0.1, -0.05) is 49.5 Å². The molecule has 36 heavy (non-hydrogen) atoms. The highest BCUT2D eigenvalue weighted by atomic mass is 31.1. The summed E-state index contributed by atoms with van der Waals surface area (Å²) < 4.78 is 0. The maximum atomic E-state index is 3.94. The first kappa shape index (κ1) is 25.8. The molecule has 0 radical (unpaired) electrons. The van der Waals surface area contributed by atoms with Gasteiger partial charge < -0.3 is 0 Å². The molecule has 0 spiro atoms. The second kappa shape index (κ2) is 8.21. The predicted octanol–water partition coefficient (Wildman–Crippen LogP) is 10.1. The van der Waals surface area contributed by atoms with E-state index in [9.17, 15) is 0 Å². The molecule has 3 atom stereocenters. The second-order valence-electron chi connectivity index (χ2n) is 18.2. The molecule has 0 heterocycles. The van der Waals surface area contributed by atoms with E-state index in [0.29, 0.717) is 26.3 Å². The zero-order chi connectivity index (χ0) is 25.3. The van der Waals surface area contributed by atoms with Crippen molar-refractivity contribution in [3.8, 4) is 0 Å². The van der Waals surface area contributed by atoms with Crippen LogP contribution in [0.15, 0.2) is 0 Å². The zero-order valence-corrected chi connectivity index (χ0v) is 26.8. The van der Waals surface area contributed by atoms with E-state index in [2.05, 4.69) is 50.8 Å². The Morgan fingerprint density at radius 1 is 0.583 bits per heavy atom. The molecule has 8 bridgehead atoms. The molecule has 204 valence electrons. The third-order valence-electron chi connectivity index (χ3n) is 13.9. The van der Waals surface area contributed by atoms with Crippen molar-refractivity contribution in [1.29, 1.82) is 0 Å². The quantitative estimate of drug-likeness (QED) is 0.311. The summed E-state index contributed by atoms with van der Waals surface area (Å²) in [6.45, 7) is 15.4. The predicted molar refractivity (Wildman–Crippen MR) is 161 cm³/mol. The SMILES string of the molecule is CC(C)(C)P(CC1CCC1C(P)(C12CC3CC(CC(C3)C1)C2)C12CC3CC(CC(C3)C1)C2)C(C)(C)C. The maximum absolute atomic E-state index is 3.94. The van der Waals surface area contributed by atoms with Gasteiger partial charge >= 0.3 is 0 Å². The summed E-state index contributed by atoms with van der Waals surface area (Å²) in [6.07, 6.45) is 24.1. The molecule has 9 aliphatic carbocycles. The molecule has 0 amide bonds. The average Bonchev–Trinajstić information content (AvgIpc) is 2.69. The Kier molecular flexibility index (Phi) is 5.88. The van der Waals surface area contributed by atoms with Crippen molar-refractivity contribution in [3.63, 3.8) is 0 Å². The minimum absolute atomic E-state index is 0.0139. The van der Waals surface area contributed by atoms with Crippen LogP contribution in [0.4, 0.5) is 0 Å². The van der Waals surface area contributed by atoms with Crippen LogP contribution in [-0.2, 0) is 0 Å². The van der Waals surface area contributed by atoms with Crippen molar-refractivity contribution in [3.05, 3.63) is 0 Å². The van der Waals surface area contributed by atoms with Crippen LogP contribution in [0.25, 0.3) is 0 Å². The van der Waals surface area contributed by atoms with Gasteiger partial charge in [0.2, 0.25) is 0 Å². The number of rotatable bonds is 5. The van der Waals surface area contributed by atoms with Crippen molar-refractivity contribution >= 4 is 17.2 Å². The summed E-state index contributed by atoms with van der Waals surface area (Å²) in [7, 11) is 3.95. The summed E-state index contributed by atoms with van der Waals surface area (Å²) >= 11 is 0. The minimum Gasteiger partial charge on any atom is -0.130 e. The Hall–Kier alpha value is 0.860. The summed E-state index contributed by atoms with van der Waals surface area (Å²) in [4.78, 5) is 0. The van der Waals surface area contributed by atoms with Crippen LogP contribution in [-0.4, -0.2) is 21.6 Å². The largest absolute Gasteiger partial charge is 0.130 e. The summed E-state index contributed by atoms with van der Waals surface area (Å²) in [5, 5.41) is 1.49. The molecule has 9 rings (SSSR count). The van der Waals surface area contributed by atoms with Crippen molar-refractivity contribution in [2.24, 2.45) is 58.2 Å². The Bertz CT molecular complexity index is 742. The monoisotopic (exact) mass is 528 g/mol. The van der Waals surface area contributed by atoms with Crippen molar-refractivity contribution in [2.45, 2.75) is 147 Å². The highest BCUT2D eigenvalue weighted by Gasteiger charge is 2.71. The van der Waals surface area contributed by atoms with Gasteiger partial charge in [0.1, 0.15) is 0 Å². The molecule has 0 nitrogen and oxygen atoms in total. The fraction of sp³-hybridized carbons (Fsp3) is 1.00. The fourth-order valence-electron chi connectivity index (χ4n) is 13.8. The van der Waals surface area contributed by atoms with Gasteiger partial charge in [-0.15, -0.1) is 9.24 Å².